The van der Waals surface area contributed by atoms with E-state index >= 15 is 0 Å². The molecule has 7 heteroatoms. The number of rotatable bonds is 10. The number of amides is 1. The van der Waals surface area contributed by atoms with Crippen molar-refractivity contribution in [1.29, 1.82) is 0 Å². The third-order valence-corrected chi connectivity index (χ3v) is 5.84. The van der Waals surface area contributed by atoms with Gasteiger partial charge in [0, 0.05) is 30.7 Å². The smallest absolute Gasteiger partial charge is 0.308 e. The van der Waals surface area contributed by atoms with Crippen LogP contribution >= 0.6 is 11.3 Å². The van der Waals surface area contributed by atoms with E-state index in [1.165, 1.54) is 4.57 Å². The van der Waals surface area contributed by atoms with Crippen molar-refractivity contribution >= 4 is 23.2 Å². The average Bonchev–Trinajstić information content (AvgIpc) is 3.12. The SMILES string of the molecule is Cc1csc(=O)n1CCC(=O)OCC(=O)N(CCc1ccccc1)Cc1ccccc1. The van der Waals surface area contributed by atoms with Crippen molar-refractivity contribution in [3.8, 4) is 0 Å². The van der Waals surface area contributed by atoms with Gasteiger partial charge in [-0.3, -0.25) is 14.4 Å². The first-order chi connectivity index (χ1) is 15.0. The number of aryl methyl sites for hydroxylation is 1. The average molecular weight is 439 g/mol. The van der Waals surface area contributed by atoms with Crippen LogP contribution in [0.15, 0.2) is 70.8 Å². The number of carbonyl (C=O) groups is 2. The van der Waals surface area contributed by atoms with E-state index in [4.69, 9.17) is 4.74 Å². The second-order valence-corrected chi connectivity index (χ2v) is 8.06. The molecule has 2 aromatic carbocycles. The monoisotopic (exact) mass is 438 g/mol. The fraction of sp³-hybridized carbons (Fsp3) is 0.292. The topological polar surface area (TPSA) is 68.6 Å². The summed E-state index contributed by atoms with van der Waals surface area (Å²) >= 11 is 1.10. The number of benzene rings is 2. The van der Waals surface area contributed by atoms with E-state index in [9.17, 15) is 14.4 Å². The highest BCUT2D eigenvalue weighted by atomic mass is 32.1. The molecular formula is C24H26N2O4S. The number of thiazole rings is 1. The lowest BCUT2D eigenvalue weighted by Crippen LogP contribution is -2.36. The molecule has 0 aliphatic carbocycles. The quantitative estimate of drug-likeness (QED) is 0.455. The number of nitrogens with zero attached hydrogens (tertiary/aromatic N) is 2. The van der Waals surface area contributed by atoms with Gasteiger partial charge in [-0.1, -0.05) is 72.0 Å². The number of esters is 1. The summed E-state index contributed by atoms with van der Waals surface area (Å²) in [6, 6.07) is 19.7. The van der Waals surface area contributed by atoms with Gasteiger partial charge < -0.3 is 14.2 Å². The van der Waals surface area contributed by atoms with E-state index in [0.717, 1.165) is 28.2 Å². The second kappa shape index (κ2) is 11.3. The summed E-state index contributed by atoms with van der Waals surface area (Å²) in [6.45, 7) is 2.74. The normalized spacial score (nSPS) is 10.6. The highest BCUT2D eigenvalue weighted by Crippen LogP contribution is 2.09. The van der Waals surface area contributed by atoms with Crippen LogP contribution in [0.25, 0.3) is 0 Å². The maximum Gasteiger partial charge on any atom is 0.308 e. The Labute approximate surface area is 185 Å². The molecule has 0 saturated carbocycles. The molecule has 0 fully saturated rings. The van der Waals surface area contributed by atoms with Gasteiger partial charge in [-0.05, 0) is 24.5 Å². The number of hydrogen-bond donors (Lipinski definition) is 0. The van der Waals surface area contributed by atoms with Crippen LogP contribution in [-0.4, -0.2) is 34.5 Å². The number of aromatic nitrogens is 1. The highest BCUT2D eigenvalue weighted by Gasteiger charge is 2.17. The molecule has 162 valence electrons. The van der Waals surface area contributed by atoms with E-state index in [2.05, 4.69) is 0 Å². The van der Waals surface area contributed by atoms with Crippen LogP contribution < -0.4 is 4.87 Å². The van der Waals surface area contributed by atoms with Crippen molar-refractivity contribution in [2.75, 3.05) is 13.2 Å². The summed E-state index contributed by atoms with van der Waals surface area (Å²) < 4.78 is 6.75. The minimum atomic E-state index is -0.492. The predicted molar refractivity (Wildman–Crippen MR) is 121 cm³/mol. The van der Waals surface area contributed by atoms with Crippen molar-refractivity contribution in [2.24, 2.45) is 0 Å². The molecule has 0 radical (unpaired) electrons. The molecule has 3 rings (SSSR count). The third-order valence-electron chi connectivity index (χ3n) is 4.95. The van der Waals surface area contributed by atoms with Crippen LogP contribution in [0.5, 0.6) is 0 Å². The van der Waals surface area contributed by atoms with Crippen molar-refractivity contribution < 1.29 is 14.3 Å². The minimum absolute atomic E-state index is 0.0491. The zero-order valence-corrected chi connectivity index (χ0v) is 18.3. The Morgan fingerprint density at radius 1 is 1.00 bits per heavy atom. The Hall–Kier alpha value is -3.19. The molecule has 0 N–H and O–H groups in total. The number of hydrogen-bond acceptors (Lipinski definition) is 5. The Morgan fingerprint density at radius 2 is 1.65 bits per heavy atom. The molecule has 0 spiro atoms. The summed E-state index contributed by atoms with van der Waals surface area (Å²) in [5, 5.41) is 1.76. The van der Waals surface area contributed by atoms with E-state index in [0.29, 0.717) is 19.5 Å². The fourth-order valence-corrected chi connectivity index (χ4v) is 3.95. The maximum absolute atomic E-state index is 12.8. The molecule has 0 aliphatic rings. The van der Waals surface area contributed by atoms with Crippen LogP contribution in [0.1, 0.15) is 23.2 Å². The van der Waals surface area contributed by atoms with Crippen LogP contribution in [0.3, 0.4) is 0 Å². The Balaban J connectivity index is 1.55. The van der Waals surface area contributed by atoms with Crippen LogP contribution in [0, 0.1) is 6.92 Å². The molecule has 31 heavy (non-hydrogen) atoms. The first-order valence-electron chi connectivity index (χ1n) is 10.2. The van der Waals surface area contributed by atoms with E-state index in [1.54, 1.807) is 10.3 Å². The molecular weight excluding hydrogens is 412 g/mol. The van der Waals surface area contributed by atoms with Crippen molar-refractivity contribution in [3.63, 3.8) is 0 Å². The zero-order valence-electron chi connectivity index (χ0n) is 17.5. The number of ether oxygens (including phenoxy) is 1. The molecule has 3 aromatic rings. The lowest BCUT2D eigenvalue weighted by molar-refractivity contribution is -0.152. The summed E-state index contributed by atoms with van der Waals surface area (Å²) in [5.41, 5.74) is 2.97. The van der Waals surface area contributed by atoms with E-state index < -0.39 is 5.97 Å². The first kappa shape index (κ1) is 22.5. The van der Waals surface area contributed by atoms with Gasteiger partial charge in [0.05, 0.1) is 6.42 Å². The standard InChI is InChI=1S/C24H26N2O4S/c1-19-18-31-24(29)26(19)15-13-23(28)30-17-22(27)25(16-21-10-6-3-7-11-21)14-12-20-8-4-2-5-9-20/h2-11,18H,12-17H2,1H3. The van der Waals surface area contributed by atoms with Gasteiger partial charge >= 0.3 is 10.8 Å². The molecule has 6 nitrogen and oxygen atoms in total. The lowest BCUT2D eigenvalue weighted by Gasteiger charge is -2.23. The Kier molecular flexibility index (Phi) is 8.18. The van der Waals surface area contributed by atoms with Gasteiger partial charge in [0.25, 0.3) is 5.91 Å². The van der Waals surface area contributed by atoms with Gasteiger partial charge in [-0.15, -0.1) is 0 Å². The summed E-state index contributed by atoms with van der Waals surface area (Å²) in [5.74, 6) is -0.731. The summed E-state index contributed by atoms with van der Waals surface area (Å²) in [7, 11) is 0. The molecule has 0 bridgehead atoms. The fourth-order valence-electron chi connectivity index (χ4n) is 3.19. The van der Waals surface area contributed by atoms with E-state index in [-0.39, 0.29) is 30.4 Å². The molecule has 1 amide bonds. The van der Waals surface area contributed by atoms with Crippen LogP contribution in [-0.2, 0) is 33.8 Å². The van der Waals surface area contributed by atoms with Gasteiger partial charge in [0.15, 0.2) is 6.61 Å². The number of carbonyl (C=O) groups excluding carboxylic acids is 2. The second-order valence-electron chi connectivity index (χ2n) is 7.24. The van der Waals surface area contributed by atoms with Gasteiger partial charge in [0.2, 0.25) is 0 Å². The van der Waals surface area contributed by atoms with Crippen LogP contribution in [0.4, 0.5) is 0 Å². The molecule has 0 saturated heterocycles. The minimum Gasteiger partial charge on any atom is -0.456 e. The highest BCUT2D eigenvalue weighted by molar-refractivity contribution is 7.07. The summed E-state index contributed by atoms with van der Waals surface area (Å²) in [4.78, 5) is 38.3. The van der Waals surface area contributed by atoms with Crippen molar-refractivity contribution in [2.45, 2.75) is 32.9 Å². The lowest BCUT2D eigenvalue weighted by atomic mass is 10.1. The molecule has 0 aliphatic heterocycles. The van der Waals surface area contributed by atoms with Crippen molar-refractivity contribution in [3.05, 3.63) is 92.5 Å². The molecule has 0 atom stereocenters. The molecule has 0 unspecified atom stereocenters. The van der Waals surface area contributed by atoms with Gasteiger partial charge in [-0.2, -0.15) is 0 Å². The third kappa shape index (κ3) is 6.93. The van der Waals surface area contributed by atoms with E-state index in [1.807, 2.05) is 67.6 Å². The summed E-state index contributed by atoms with van der Waals surface area (Å²) in [6.07, 6.45) is 0.765. The zero-order chi connectivity index (χ0) is 22.1. The predicted octanol–water partition coefficient (Wildman–Crippen LogP) is 3.42. The van der Waals surface area contributed by atoms with Crippen LogP contribution in [0.2, 0.25) is 0 Å². The van der Waals surface area contributed by atoms with Crippen molar-refractivity contribution in [1.82, 2.24) is 9.47 Å². The first-order valence-corrected chi connectivity index (χ1v) is 11.1. The Bertz CT molecular complexity index is 1040. The molecule has 1 aromatic heterocycles. The maximum atomic E-state index is 12.8. The van der Waals surface area contributed by atoms with Gasteiger partial charge in [0.1, 0.15) is 0 Å². The Morgan fingerprint density at radius 3 is 2.26 bits per heavy atom. The largest absolute Gasteiger partial charge is 0.456 e. The van der Waals surface area contributed by atoms with Gasteiger partial charge in [-0.25, -0.2) is 0 Å². The molecule has 1 heterocycles.